The van der Waals surface area contributed by atoms with Crippen LogP contribution in [0.25, 0.3) is 0 Å². The Labute approximate surface area is 140 Å². The molecule has 0 spiro atoms. The molecule has 0 unspecified atom stereocenters. The lowest BCUT2D eigenvalue weighted by Crippen LogP contribution is -2.18. The molecule has 2 aromatic carbocycles. The van der Waals surface area contributed by atoms with E-state index in [1.54, 1.807) is 30.6 Å². The van der Waals surface area contributed by atoms with Crippen molar-refractivity contribution in [3.8, 4) is 0 Å². The second kappa shape index (κ2) is 7.69. The Morgan fingerprint density at radius 1 is 0.875 bits per heavy atom. The van der Waals surface area contributed by atoms with Gasteiger partial charge in [-0.1, -0.05) is 36.4 Å². The van der Waals surface area contributed by atoms with Gasteiger partial charge >= 0.3 is 0 Å². The van der Waals surface area contributed by atoms with Crippen LogP contribution in [0.1, 0.15) is 16.1 Å². The number of nitrogens with one attached hydrogen (secondary N) is 2. The maximum atomic E-state index is 11.8. The van der Waals surface area contributed by atoms with E-state index in [0.717, 1.165) is 16.9 Å². The van der Waals surface area contributed by atoms with E-state index in [9.17, 15) is 4.79 Å². The van der Waals surface area contributed by atoms with Crippen LogP contribution in [0.2, 0.25) is 0 Å². The summed E-state index contributed by atoms with van der Waals surface area (Å²) >= 11 is 0. The quantitative estimate of drug-likeness (QED) is 0.558. The van der Waals surface area contributed by atoms with Crippen LogP contribution in [-0.2, 0) is 0 Å². The van der Waals surface area contributed by atoms with Crippen molar-refractivity contribution in [2.75, 3.05) is 5.32 Å². The van der Waals surface area contributed by atoms with Crippen molar-refractivity contribution in [2.24, 2.45) is 5.10 Å². The van der Waals surface area contributed by atoms with Crippen molar-refractivity contribution < 1.29 is 4.79 Å². The highest BCUT2D eigenvalue weighted by molar-refractivity contribution is 5.93. The molecule has 0 aliphatic rings. The van der Waals surface area contributed by atoms with E-state index in [1.165, 1.54) is 0 Å². The zero-order valence-electron chi connectivity index (χ0n) is 12.9. The molecule has 24 heavy (non-hydrogen) atoms. The Hall–Kier alpha value is -3.47. The average molecular weight is 316 g/mol. The highest BCUT2D eigenvalue weighted by Gasteiger charge is 2.03. The monoisotopic (exact) mass is 316 g/mol. The number of anilines is 2. The summed E-state index contributed by atoms with van der Waals surface area (Å²) in [5.41, 5.74) is 5.68. The molecule has 0 saturated carbocycles. The van der Waals surface area contributed by atoms with Crippen LogP contribution in [-0.4, -0.2) is 17.1 Å². The van der Waals surface area contributed by atoms with Gasteiger partial charge in [0.05, 0.1) is 6.21 Å². The van der Waals surface area contributed by atoms with Crippen LogP contribution in [0.5, 0.6) is 0 Å². The van der Waals surface area contributed by atoms with Gasteiger partial charge in [-0.15, -0.1) is 0 Å². The standard InChI is InChI=1S/C19H16N4O/c24-19(18-8-4-5-13-20-18)23-21-14-15-9-11-17(12-10-15)22-16-6-2-1-3-7-16/h1-14,22H,(H,23,24)/b21-14-. The third-order valence-electron chi connectivity index (χ3n) is 3.25. The van der Waals surface area contributed by atoms with E-state index < -0.39 is 0 Å². The molecule has 0 radical (unpaired) electrons. The first-order valence-corrected chi connectivity index (χ1v) is 7.48. The summed E-state index contributed by atoms with van der Waals surface area (Å²) in [6.07, 6.45) is 3.16. The van der Waals surface area contributed by atoms with Crippen LogP contribution < -0.4 is 10.7 Å². The molecule has 2 N–H and O–H groups in total. The van der Waals surface area contributed by atoms with Crippen molar-refractivity contribution in [3.05, 3.63) is 90.3 Å². The fraction of sp³-hybridized carbons (Fsp3) is 0. The van der Waals surface area contributed by atoms with Crippen molar-refractivity contribution >= 4 is 23.5 Å². The minimum absolute atomic E-state index is 0.331. The molecule has 0 aliphatic heterocycles. The molecule has 5 nitrogen and oxygen atoms in total. The number of hydrogen-bond donors (Lipinski definition) is 2. The molecule has 1 amide bonds. The lowest BCUT2D eigenvalue weighted by molar-refractivity contribution is 0.0950. The van der Waals surface area contributed by atoms with Gasteiger partial charge in [-0.05, 0) is 42.0 Å². The number of benzene rings is 2. The zero-order chi connectivity index (χ0) is 16.6. The second-order valence-corrected chi connectivity index (χ2v) is 5.03. The molecule has 3 aromatic rings. The molecule has 0 atom stereocenters. The number of nitrogens with zero attached hydrogens (tertiary/aromatic N) is 2. The van der Waals surface area contributed by atoms with E-state index in [4.69, 9.17) is 0 Å². The number of rotatable bonds is 5. The van der Waals surface area contributed by atoms with Crippen molar-refractivity contribution in [2.45, 2.75) is 0 Å². The third kappa shape index (κ3) is 4.27. The Bertz CT molecular complexity index is 815. The predicted octanol–water partition coefficient (Wildman–Crippen LogP) is 3.59. The molecule has 118 valence electrons. The van der Waals surface area contributed by atoms with E-state index in [1.807, 2.05) is 54.6 Å². The molecule has 3 rings (SSSR count). The molecular weight excluding hydrogens is 300 g/mol. The van der Waals surface area contributed by atoms with Crippen molar-refractivity contribution in [1.29, 1.82) is 0 Å². The number of amides is 1. The van der Waals surface area contributed by atoms with Gasteiger partial charge in [-0.25, -0.2) is 5.43 Å². The lowest BCUT2D eigenvalue weighted by Gasteiger charge is -2.06. The van der Waals surface area contributed by atoms with E-state index >= 15 is 0 Å². The highest BCUT2D eigenvalue weighted by Crippen LogP contribution is 2.15. The van der Waals surface area contributed by atoms with E-state index in [-0.39, 0.29) is 5.91 Å². The van der Waals surface area contributed by atoms with E-state index in [2.05, 4.69) is 20.8 Å². The first-order valence-electron chi connectivity index (χ1n) is 7.48. The summed E-state index contributed by atoms with van der Waals surface area (Å²) in [4.78, 5) is 15.8. The molecule has 1 aromatic heterocycles. The van der Waals surface area contributed by atoms with Gasteiger partial charge in [0.2, 0.25) is 0 Å². The van der Waals surface area contributed by atoms with Crippen molar-refractivity contribution in [1.82, 2.24) is 10.4 Å². The Morgan fingerprint density at radius 3 is 2.29 bits per heavy atom. The molecular formula is C19H16N4O. The Balaban J connectivity index is 1.57. The smallest absolute Gasteiger partial charge is 0.289 e. The molecule has 0 saturated heterocycles. The van der Waals surface area contributed by atoms with Crippen LogP contribution in [0.3, 0.4) is 0 Å². The number of carbonyl (C=O) groups excluding carboxylic acids is 1. The Kier molecular flexibility index (Phi) is 4.94. The number of para-hydroxylation sites is 1. The largest absolute Gasteiger partial charge is 0.356 e. The number of carbonyl (C=O) groups is 1. The van der Waals surface area contributed by atoms with Gasteiger partial charge in [0.25, 0.3) is 5.91 Å². The van der Waals surface area contributed by atoms with E-state index in [0.29, 0.717) is 5.69 Å². The third-order valence-corrected chi connectivity index (χ3v) is 3.25. The van der Waals surface area contributed by atoms with Gasteiger partial charge < -0.3 is 5.32 Å². The molecule has 1 heterocycles. The summed E-state index contributed by atoms with van der Waals surface area (Å²) < 4.78 is 0. The molecule has 5 heteroatoms. The van der Waals surface area contributed by atoms with Crippen LogP contribution in [0.4, 0.5) is 11.4 Å². The maximum absolute atomic E-state index is 11.8. The van der Waals surface area contributed by atoms with Gasteiger partial charge in [-0.3, -0.25) is 9.78 Å². The summed E-state index contributed by atoms with van der Waals surface area (Å²) in [6, 6.07) is 22.8. The molecule has 0 bridgehead atoms. The lowest BCUT2D eigenvalue weighted by atomic mass is 10.2. The number of aromatic nitrogens is 1. The second-order valence-electron chi connectivity index (χ2n) is 5.03. The first kappa shape index (κ1) is 15.4. The van der Waals surface area contributed by atoms with Gasteiger partial charge in [0, 0.05) is 17.6 Å². The zero-order valence-corrected chi connectivity index (χ0v) is 12.9. The van der Waals surface area contributed by atoms with Crippen LogP contribution >= 0.6 is 0 Å². The minimum atomic E-state index is -0.339. The van der Waals surface area contributed by atoms with Crippen LogP contribution in [0, 0.1) is 0 Å². The fourth-order valence-corrected chi connectivity index (χ4v) is 2.06. The van der Waals surface area contributed by atoms with Gasteiger partial charge in [0.1, 0.15) is 5.69 Å². The summed E-state index contributed by atoms with van der Waals surface area (Å²) in [7, 11) is 0. The average Bonchev–Trinajstić information content (AvgIpc) is 2.65. The maximum Gasteiger partial charge on any atom is 0.289 e. The van der Waals surface area contributed by atoms with Gasteiger partial charge in [-0.2, -0.15) is 5.10 Å². The molecule has 0 aliphatic carbocycles. The number of hydrazone groups is 1. The molecule has 0 fully saturated rings. The predicted molar refractivity (Wildman–Crippen MR) is 95.5 cm³/mol. The van der Waals surface area contributed by atoms with Crippen molar-refractivity contribution in [3.63, 3.8) is 0 Å². The SMILES string of the molecule is O=C(N/N=C\c1ccc(Nc2ccccc2)cc1)c1ccccn1. The number of hydrogen-bond acceptors (Lipinski definition) is 4. The first-order chi connectivity index (χ1) is 11.8. The number of pyridine rings is 1. The minimum Gasteiger partial charge on any atom is -0.356 e. The Morgan fingerprint density at radius 2 is 1.58 bits per heavy atom. The summed E-state index contributed by atoms with van der Waals surface area (Å²) in [6.45, 7) is 0. The normalized spacial score (nSPS) is 10.5. The highest BCUT2D eigenvalue weighted by atomic mass is 16.2. The summed E-state index contributed by atoms with van der Waals surface area (Å²) in [5, 5.41) is 7.25. The topological polar surface area (TPSA) is 66.4 Å². The van der Waals surface area contributed by atoms with Gasteiger partial charge in [0.15, 0.2) is 0 Å². The fourth-order valence-electron chi connectivity index (χ4n) is 2.06. The summed E-state index contributed by atoms with van der Waals surface area (Å²) in [5.74, 6) is -0.339. The van der Waals surface area contributed by atoms with Crippen LogP contribution in [0.15, 0.2) is 84.1 Å².